The molecule has 0 unspecified atom stereocenters. The second-order valence-corrected chi connectivity index (χ2v) is 3.97. The molecule has 0 fully saturated rings. The van der Waals surface area contributed by atoms with Crippen LogP contribution in [0.1, 0.15) is 48.5 Å². The number of carbonyl (C=O) groups excluding carboxylic acids is 1. The Bertz CT molecular complexity index is 290. The molecule has 0 aromatic heterocycles. The highest BCUT2D eigenvalue weighted by Gasteiger charge is 1.94. The predicted molar refractivity (Wildman–Crippen MR) is 65.6 cm³/mol. The number of hydrogen-bond acceptors (Lipinski definition) is 2. The Kier molecular flexibility index (Phi) is 6.50. The lowest BCUT2D eigenvalue weighted by Gasteiger charge is -2.04. The van der Waals surface area contributed by atoms with Crippen molar-refractivity contribution in [2.24, 2.45) is 0 Å². The number of hydrogen-bond donors (Lipinski definition) is 0. The molecule has 0 saturated heterocycles. The molecule has 0 heterocycles. The Labute approximate surface area is 97.6 Å². The molecular formula is C14H20O2. The van der Waals surface area contributed by atoms with Gasteiger partial charge in [0, 0.05) is 12.2 Å². The van der Waals surface area contributed by atoms with E-state index in [9.17, 15) is 4.79 Å². The third-order valence-corrected chi connectivity index (χ3v) is 2.53. The molecule has 1 aromatic carbocycles. The van der Waals surface area contributed by atoms with Gasteiger partial charge in [-0.3, -0.25) is 4.79 Å². The predicted octanol–water partition coefficient (Wildman–Crippen LogP) is 3.60. The Morgan fingerprint density at radius 2 is 1.88 bits per heavy atom. The van der Waals surface area contributed by atoms with E-state index in [1.807, 2.05) is 24.3 Å². The van der Waals surface area contributed by atoms with Gasteiger partial charge in [-0.1, -0.05) is 50.5 Å². The molecule has 0 atom stereocenters. The lowest BCUT2D eigenvalue weighted by molar-refractivity contribution is 0.112. The van der Waals surface area contributed by atoms with Crippen LogP contribution in [0.4, 0.5) is 0 Å². The maximum absolute atomic E-state index is 10.4. The van der Waals surface area contributed by atoms with Crippen LogP contribution in [0.15, 0.2) is 24.3 Å². The molecule has 2 nitrogen and oxygen atoms in total. The van der Waals surface area contributed by atoms with Crippen LogP contribution in [-0.4, -0.2) is 12.9 Å². The Balaban J connectivity index is 2.14. The number of benzene rings is 1. The number of ether oxygens (including phenoxy) is 1. The van der Waals surface area contributed by atoms with Gasteiger partial charge in [0.2, 0.25) is 0 Å². The van der Waals surface area contributed by atoms with Crippen molar-refractivity contribution in [3.8, 4) is 0 Å². The van der Waals surface area contributed by atoms with E-state index < -0.39 is 0 Å². The Morgan fingerprint density at radius 3 is 2.50 bits per heavy atom. The normalized spacial score (nSPS) is 10.3. The first-order chi connectivity index (χ1) is 7.86. The first-order valence-corrected chi connectivity index (χ1v) is 5.98. The first kappa shape index (κ1) is 12.9. The average molecular weight is 220 g/mol. The summed E-state index contributed by atoms with van der Waals surface area (Å²) in [6, 6.07) is 7.52. The van der Waals surface area contributed by atoms with Crippen LogP contribution in [0.2, 0.25) is 0 Å². The SMILES string of the molecule is CCCCCCOCc1ccc(C=O)cc1. The fourth-order valence-electron chi connectivity index (χ4n) is 1.51. The summed E-state index contributed by atoms with van der Waals surface area (Å²) in [6.45, 7) is 3.68. The van der Waals surface area contributed by atoms with Crippen LogP contribution < -0.4 is 0 Å². The zero-order valence-corrected chi connectivity index (χ0v) is 9.95. The number of unbranched alkanes of at least 4 members (excludes halogenated alkanes) is 3. The molecule has 0 bridgehead atoms. The molecule has 2 heteroatoms. The summed E-state index contributed by atoms with van der Waals surface area (Å²) >= 11 is 0. The summed E-state index contributed by atoms with van der Waals surface area (Å²) in [5.74, 6) is 0. The van der Waals surface area contributed by atoms with E-state index in [2.05, 4.69) is 6.92 Å². The van der Waals surface area contributed by atoms with Gasteiger partial charge in [0.1, 0.15) is 6.29 Å². The van der Waals surface area contributed by atoms with Crippen LogP contribution >= 0.6 is 0 Å². The molecule has 0 spiro atoms. The van der Waals surface area contributed by atoms with E-state index in [0.717, 1.165) is 24.9 Å². The quantitative estimate of drug-likeness (QED) is 0.494. The van der Waals surface area contributed by atoms with Crippen molar-refractivity contribution in [1.82, 2.24) is 0 Å². The van der Waals surface area contributed by atoms with E-state index in [0.29, 0.717) is 12.2 Å². The van der Waals surface area contributed by atoms with Crippen molar-refractivity contribution in [3.05, 3.63) is 35.4 Å². The van der Waals surface area contributed by atoms with Crippen LogP contribution in [0, 0.1) is 0 Å². The van der Waals surface area contributed by atoms with Gasteiger partial charge < -0.3 is 4.74 Å². The van der Waals surface area contributed by atoms with Gasteiger partial charge in [0.25, 0.3) is 0 Å². The van der Waals surface area contributed by atoms with E-state index in [-0.39, 0.29) is 0 Å². The summed E-state index contributed by atoms with van der Waals surface area (Å²) < 4.78 is 5.55. The second-order valence-electron chi connectivity index (χ2n) is 3.97. The number of carbonyl (C=O) groups is 1. The minimum Gasteiger partial charge on any atom is -0.377 e. The average Bonchev–Trinajstić information content (AvgIpc) is 2.34. The summed E-state index contributed by atoms with van der Waals surface area (Å²) in [6.07, 6.45) is 5.79. The van der Waals surface area contributed by atoms with Gasteiger partial charge in [0.15, 0.2) is 0 Å². The van der Waals surface area contributed by atoms with Crippen molar-refractivity contribution in [2.75, 3.05) is 6.61 Å². The fourth-order valence-corrected chi connectivity index (χ4v) is 1.51. The lowest BCUT2D eigenvalue weighted by Crippen LogP contribution is -1.95. The van der Waals surface area contributed by atoms with Crippen molar-refractivity contribution in [3.63, 3.8) is 0 Å². The molecule has 16 heavy (non-hydrogen) atoms. The minimum atomic E-state index is 0.644. The zero-order valence-electron chi connectivity index (χ0n) is 9.95. The van der Waals surface area contributed by atoms with Crippen LogP contribution in [0.5, 0.6) is 0 Å². The minimum absolute atomic E-state index is 0.644. The smallest absolute Gasteiger partial charge is 0.150 e. The van der Waals surface area contributed by atoms with Crippen molar-refractivity contribution < 1.29 is 9.53 Å². The van der Waals surface area contributed by atoms with Crippen molar-refractivity contribution in [2.45, 2.75) is 39.2 Å². The largest absolute Gasteiger partial charge is 0.377 e. The highest BCUT2D eigenvalue weighted by molar-refractivity contribution is 5.74. The maximum Gasteiger partial charge on any atom is 0.150 e. The van der Waals surface area contributed by atoms with Gasteiger partial charge >= 0.3 is 0 Å². The number of aldehydes is 1. The molecule has 1 aromatic rings. The zero-order chi connectivity index (χ0) is 11.6. The number of rotatable bonds is 8. The molecule has 1 rings (SSSR count). The lowest BCUT2D eigenvalue weighted by atomic mass is 10.1. The molecule has 0 amide bonds. The van der Waals surface area contributed by atoms with Crippen molar-refractivity contribution >= 4 is 6.29 Å². The molecule has 0 N–H and O–H groups in total. The van der Waals surface area contributed by atoms with E-state index in [4.69, 9.17) is 4.74 Å². The molecule has 0 aliphatic carbocycles. The first-order valence-electron chi connectivity index (χ1n) is 5.98. The molecule has 0 aliphatic rings. The van der Waals surface area contributed by atoms with E-state index in [1.165, 1.54) is 19.3 Å². The third kappa shape index (κ3) is 5.08. The van der Waals surface area contributed by atoms with Gasteiger partial charge in [-0.2, -0.15) is 0 Å². The standard InChI is InChI=1S/C14H20O2/c1-2-3-4-5-10-16-12-14-8-6-13(11-15)7-9-14/h6-9,11H,2-5,10,12H2,1H3. The third-order valence-electron chi connectivity index (χ3n) is 2.53. The highest BCUT2D eigenvalue weighted by atomic mass is 16.5. The summed E-state index contributed by atoms with van der Waals surface area (Å²) in [5, 5.41) is 0. The second kappa shape index (κ2) is 8.05. The highest BCUT2D eigenvalue weighted by Crippen LogP contribution is 2.05. The summed E-state index contributed by atoms with van der Waals surface area (Å²) in [7, 11) is 0. The molecule has 0 aliphatic heterocycles. The van der Waals surface area contributed by atoms with Gasteiger partial charge in [-0.25, -0.2) is 0 Å². The Morgan fingerprint density at radius 1 is 1.12 bits per heavy atom. The summed E-state index contributed by atoms with van der Waals surface area (Å²) in [5.41, 5.74) is 1.84. The fraction of sp³-hybridized carbons (Fsp3) is 0.500. The molecule has 88 valence electrons. The Hall–Kier alpha value is -1.15. The van der Waals surface area contributed by atoms with Crippen LogP contribution in [-0.2, 0) is 11.3 Å². The van der Waals surface area contributed by atoms with E-state index in [1.54, 1.807) is 0 Å². The van der Waals surface area contributed by atoms with Crippen molar-refractivity contribution in [1.29, 1.82) is 0 Å². The van der Waals surface area contributed by atoms with Gasteiger partial charge in [-0.05, 0) is 12.0 Å². The van der Waals surface area contributed by atoms with Crippen LogP contribution in [0.3, 0.4) is 0 Å². The molecule has 0 radical (unpaired) electrons. The van der Waals surface area contributed by atoms with Gasteiger partial charge in [0.05, 0.1) is 6.61 Å². The topological polar surface area (TPSA) is 26.3 Å². The van der Waals surface area contributed by atoms with Gasteiger partial charge in [-0.15, -0.1) is 0 Å². The summed E-state index contributed by atoms with van der Waals surface area (Å²) in [4.78, 5) is 10.4. The van der Waals surface area contributed by atoms with E-state index >= 15 is 0 Å². The monoisotopic (exact) mass is 220 g/mol. The maximum atomic E-state index is 10.4. The molecular weight excluding hydrogens is 200 g/mol. The van der Waals surface area contributed by atoms with Crippen LogP contribution in [0.25, 0.3) is 0 Å². The molecule has 0 saturated carbocycles.